The Morgan fingerprint density at radius 3 is 2.54 bits per heavy atom. The third kappa shape index (κ3) is 5.16. The number of benzene rings is 3. The summed E-state index contributed by atoms with van der Waals surface area (Å²) in [6.45, 7) is 0.269. The standard InChI is InChI=1S/C29H27ClN4O4S/c1-33-19-32-16-27(33)29(35,23-8-10-24(30)11-9-23)26-13-21(15-31)12-22-14-25(18-38-28(22)26)34(39(2,36)37)17-20-6-4-3-5-7-20/h3-13,16,19,25,35H,14,17-18H2,1-2H3. The second-order valence-corrected chi connectivity index (χ2v) is 12.1. The van der Waals surface area contributed by atoms with E-state index in [4.69, 9.17) is 16.3 Å². The summed E-state index contributed by atoms with van der Waals surface area (Å²) in [4.78, 5) is 4.21. The van der Waals surface area contributed by atoms with Gasteiger partial charge in [-0.3, -0.25) is 0 Å². The van der Waals surface area contributed by atoms with E-state index in [0.29, 0.717) is 45.1 Å². The van der Waals surface area contributed by atoms with Crippen LogP contribution in [0.3, 0.4) is 0 Å². The number of hydrogen-bond donors (Lipinski definition) is 1. The molecular formula is C29H27ClN4O4S. The van der Waals surface area contributed by atoms with Crippen molar-refractivity contribution in [1.29, 1.82) is 5.26 Å². The van der Waals surface area contributed by atoms with Gasteiger partial charge in [-0.1, -0.05) is 54.1 Å². The Morgan fingerprint density at radius 2 is 1.92 bits per heavy atom. The van der Waals surface area contributed by atoms with Crippen LogP contribution in [0.4, 0.5) is 0 Å². The third-order valence-electron chi connectivity index (χ3n) is 7.02. The molecular weight excluding hydrogens is 536 g/mol. The summed E-state index contributed by atoms with van der Waals surface area (Å²) >= 11 is 6.15. The van der Waals surface area contributed by atoms with Crippen LogP contribution in [-0.2, 0) is 35.6 Å². The molecule has 2 heterocycles. The number of rotatable bonds is 7. The Kier molecular flexibility index (Phi) is 7.23. The first kappa shape index (κ1) is 26.9. The molecule has 0 saturated carbocycles. The summed E-state index contributed by atoms with van der Waals surface area (Å²) in [5.41, 5.74) is 1.42. The van der Waals surface area contributed by atoms with Crippen molar-refractivity contribution in [1.82, 2.24) is 13.9 Å². The van der Waals surface area contributed by atoms with E-state index in [1.807, 2.05) is 30.3 Å². The number of aliphatic hydroxyl groups is 1. The first-order chi connectivity index (χ1) is 18.6. The maximum atomic E-state index is 12.9. The minimum absolute atomic E-state index is 0.0773. The maximum Gasteiger partial charge on any atom is 0.211 e. The average Bonchev–Trinajstić information content (AvgIpc) is 3.37. The van der Waals surface area contributed by atoms with Gasteiger partial charge in [0, 0.05) is 24.2 Å². The molecule has 3 aromatic carbocycles. The van der Waals surface area contributed by atoms with Crippen LogP contribution in [-0.4, -0.2) is 46.3 Å². The van der Waals surface area contributed by atoms with Crippen molar-refractivity contribution in [3.63, 3.8) is 0 Å². The first-order valence-electron chi connectivity index (χ1n) is 12.3. The lowest BCUT2D eigenvalue weighted by Gasteiger charge is -2.37. The monoisotopic (exact) mass is 562 g/mol. The molecule has 0 aliphatic carbocycles. The van der Waals surface area contributed by atoms with Gasteiger partial charge in [0.05, 0.1) is 42.1 Å². The Balaban J connectivity index is 1.63. The summed E-state index contributed by atoms with van der Waals surface area (Å²) in [7, 11) is -1.82. The minimum atomic E-state index is -3.59. The molecule has 0 amide bonds. The molecule has 200 valence electrons. The van der Waals surface area contributed by atoms with Crippen molar-refractivity contribution in [2.24, 2.45) is 7.05 Å². The number of hydrogen-bond acceptors (Lipinski definition) is 6. The molecule has 0 bridgehead atoms. The number of nitriles is 1. The molecule has 0 saturated heterocycles. The number of halogens is 1. The van der Waals surface area contributed by atoms with Gasteiger partial charge in [0.25, 0.3) is 0 Å². The highest BCUT2D eigenvalue weighted by Crippen LogP contribution is 2.45. The van der Waals surface area contributed by atoms with Gasteiger partial charge in [0.2, 0.25) is 10.0 Å². The summed E-state index contributed by atoms with van der Waals surface area (Å²) in [5.74, 6) is 0.414. The van der Waals surface area contributed by atoms with Crippen molar-refractivity contribution < 1.29 is 18.3 Å². The van der Waals surface area contributed by atoms with E-state index in [-0.39, 0.29) is 13.2 Å². The van der Waals surface area contributed by atoms with Crippen LogP contribution in [0.1, 0.15) is 33.5 Å². The Hall–Kier alpha value is -3.68. The lowest BCUT2D eigenvalue weighted by atomic mass is 9.80. The lowest BCUT2D eigenvalue weighted by Crippen LogP contribution is -2.46. The number of aromatic nitrogens is 2. The SMILES string of the molecule is Cn1cncc1C(O)(c1ccc(Cl)cc1)c1cc(C#N)cc2c1OCC(N(Cc1ccccc1)S(C)(=O)=O)C2. The van der Waals surface area contributed by atoms with Gasteiger partial charge >= 0.3 is 0 Å². The van der Waals surface area contributed by atoms with Gasteiger partial charge in [-0.2, -0.15) is 9.57 Å². The van der Waals surface area contributed by atoms with Crippen molar-refractivity contribution >= 4 is 21.6 Å². The van der Waals surface area contributed by atoms with Crippen molar-refractivity contribution in [2.75, 3.05) is 12.9 Å². The van der Waals surface area contributed by atoms with Gasteiger partial charge in [-0.15, -0.1) is 0 Å². The van der Waals surface area contributed by atoms with Crippen LogP contribution < -0.4 is 4.74 Å². The molecule has 39 heavy (non-hydrogen) atoms. The molecule has 1 N–H and O–H groups in total. The molecule has 5 rings (SSSR count). The zero-order valence-corrected chi connectivity index (χ0v) is 23.0. The van der Waals surface area contributed by atoms with Gasteiger partial charge < -0.3 is 14.4 Å². The number of ether oxygens (including phenoxy) is 1. The van der Waals surface area contributed by atoms with E-state index in [1.165, 1.54) is 10.6 Å². The largest absolute Gasteiger partial charge is 0.491 e. The molecule has 2 atom stereocenters. The average molecular weight is 563 g/mol. The predicted molar refractivity (Wildman–Crippen MR) is 148 cm³/mol. The summed E-state index contributed by atoms with van der Waals surface area (Å²) in [6, 6.07) is 21.2. The second kappa shape index (κ2) is 10.5. The number of nitrogens with zero attached hydrogens (tertiary/aromatic N) is 4. The van der Waals surface area contributed by atoms with Crippen LogP contribution >= 0.6 is 11.6 Å². The Bertz CT molecular complexity index is 1650. The highest BCUT2D eigenvalue weighted by Gasteiger charge is 2.42. The molecule has 0 fully saturated rings. The van der Waals surface area contributed by atoms with Gasteiger partial charge in [0.1, 0.15) is 12.4 Å². The van der Waals surface area contributed by atoms with E-state index in [2.05, 4.69) is 11.1 Å². The molecule has 10 heteroatoms. The van der Waals surface area contributed by atoms with Crippen LogP contribution in [0.25, 0.3) is 0 Å². The number of fused-ring (bicyclic) bond motifs is 1. The van der Waals surface area contributed by atoms with Crippen LogP contribution in [0.15, 0.2) is 79.3 Å². The Labute approximate surface area is 232 Å². The second-order valence-electron chi connectivity index (χ2n) is 9.69. The quantitative estimate of drug-likeness (QED) is 0.365. The number of sulfonamides is 1. The molecule has 1 aromatic heterocycles. The van der Waals surface area contributed by atoms with E-state index in [9.17, 15) is 18.8 Å². The lowest BCUT2D eigenvalue weighted by molar-refractivity contribution is 0.107. The van der Waals surface area contributed by atoms with E-state index in [1.54, 1.807) is 60.5 Å². The smallest absolute Gasteiger partial charge is 0.211 e. The summed E-state index contributed by atoms with van der Waals surface area (Å²) < 4.78 is 35.1. The van der Waals surface area contributed by atoms with Crippen LogP contribution in [0, 0.1) is 11.3 Å². The fourth-order valence-electron chi connectivity index (χ4n) is 5.14. The zero-order chi connectivity index (χ0) is 27.8. The molecule has 4 aromatic rings. The van der Waals surface area contributed by atoms with Crippen molar-refractivity contribution in [3.8, 4) is 11.8 Å². The highest BCUT2D eigenvalue weighted by atomic mass is 35.5. The first-order valence-corrected chi connectivity index (χ1v) is 14.5. The highest BCUT2D eigenvalue weighted by molar-refractivity contribution is 7.88. The van der Waals surface area contributed by atoms with Crippen molar-refractivity contribution in [2.45, 2.75) is 24.6 Å². The summed E-state index contributed by atoms with van der Waals surface area (Å²) in [6.07, 6.45) is 4.64. The molecule has 1 aliphatic heterocycles. The molecule has 8 nitrogen and oxygen atoms in total. The zero-order valence-electron chi connectivity index (χ0n) is 21.5. The molecule has 1 aliphatic rings. The van der Waals surface area contributed by atoms with Crippen molar-refractivity contribution in [3.05, 3.63) is 118 Å². The fourth-order valence-corrected chi connectivity index (χ4v) is 6.33. The fraction of sp³-hybridized carbons (Fsp3) is 0.241. The van der Waals surface area contributed by atoms with Gasteiger partial charge in [-0.25, -0.2) is 13.4 Å². The molecule has 0 radical (unpaired) electrons. The van der Waals surface area contributed by atoms with Crippen LogP contribution in [0.2, 0.25) is 5.02 Å². The number of imidazole rings is 1. The van der Waals surface area contributed by atoms with E-state index >= 15 is 0 Å². The summed E-state index contributed by atoms with van der Waals surface area (Å²) in [5, 5.41) is 22.9. The Morgan fingerprint density at radius 1 is 1.21 bits per heavy atom. The topological polar surface area (TPSA) is 108 Å². The van der Waals surface area contributed by atoms with Gasteiger partial charge in [-0.05, 0) is 47.4 Å². The minimum Gasteiger partial charge on any atom is -0.491 e. The maximum absolute atomic E-state index is 12.9. The normalized spacial score (nSPS) is 16.7. The molecule has 0 spiro atoms. The number of aryl methyl sites for hydroxylation is 1. The molecule has 2 unspecified atom stereocenters. The van der Waals surface area contributed by atoms with E-state index in [0.717, 1.165) is 5.56 Å². The van der Waals surface area contributed by atoms with Crippen LogP contribution in [0.5, 0.6) is 5.75 Å². The van der Waals surface area contributed by atoms with E-state index < -0.39 is 21.7 Å². The van der Waals surface area contributed by atoms with Gasteiger partial charge in [0.15, 0.2) is 5.60 Å². The third-order valence-corrected chi connectivity index (χ3v) is 8.56. The predicted octanol–water partition coefficient (Wildman–Crippen LogP) is 3.99.